The molecule has 0 fully saturated rings. The summed E-state index contributed by atoms with van der Waals surface area (Å²) in [5, 5.41) is 8.94. The maximum atomic E-state index is 10.9. The molecule has 0 saturated carbocycles. The zero-order valence-electron chi connectivity index (χ0n) is 10.4. The summed E-state index contributed by atoms with van der Waals surface area (Å²) in [5.41, 5.74) is 0. The Kier molecular flexibility index (Phi) is 9.18. The van der Waals surface area contributed by atoms with Crippen LogP contribution in [0.2, 0.25) is 0 Å². The Labute approximate surface area is 97.3 Å². The third-order valence-corrected chi connectivity index (χ3v) is 2.36. The molecule has 1 atom stereocenters. The first kappa shape index (κ1) is 15.3. The molecular weight excluding hydrogens is 210 g/mol. The van der Waals surface area contributed by atoms with Crippen LogP contribution >= 0.6 is 0 Å². The molecule has 0 aliphatic heterocycles. The van der Waals surface area contributed by atoms with Crippen molar-refractivity contribution in [1.82, 2.24) is 4.90 Å². The van der Waals surface area contributed by atoms with Crippen molar-refractivity contribution in [2.45, 2.75) is 26.8 Å². The number of carboxylic acids is 1. The molecule has 0 aliphatic rings. The highest BCUT2D eigenvalue weighted by Gasteiger charge is 2.19. The summed E-state index contributed by atoms with van der Waals surface area (Å²) in [6, 6.07) is -0.499. The zero-order chi connectivity index (χ0) is 12.4. The van der Waals surface area contributed by atoms with E-state index in [0.29, 0.717) is 39.5 Å². The van der Waals surface area contributed by atoms with Gasteiger partial charge in [-0.3, -0.25) is 9.69 Å². The minimum atomic E-state index is -0.812. The van der Waals surface area contributed by atoms with E-state index in [1.165, 1.54) is 0 Å². The van der Waals surface area contributed by atoms with Gasteiger partial charge in [0.05, 0.1) is 13.2 Å². The van der Waals surface area contributed by atoms with E-state index in [2.05, 4.69) is 0 Å². The van der Waals surface area contributed by atoms with Crippen LogP contribution in [0.4, 0.5) is 0 Å². The molecule has 0 bridgehead atoms. The Balaban J connectivity index is 3.99. The molecule has 0 aromatic heterocycles. The predicted octanol–water partition coefficient (Wildman–Crippen LogP) is 0.835. The van der Waals surface area contributed by atoms with Crippen molar-refractivity contribution >= 4 is 5.97 Å². The number of hydrogen-bond acceptors (Lipinski definition) is 4. The molecule has 0 rings (SSSR count). The SMILES string of the molecule is CCOCCN(CCOCC)C(C)C(=O)O. The third kappa shape index (κ3) is 6.76. The quantitative estimate of drug-likeness (QED) is 0.566. The topological polar surface area (TPSA) is 59.0 Å². The van der Waals surface area contributed by atoms with Gasteiger partial charge in [0.2, 0.25) is 0 Å². The van der Waals surface area contributed by atoms with Crippen LogP contribution in [0.25, 0.3) is 0 Å². The summed E-state index contributed by atoms with van der Waals surface area (Å²) in [7, 11) is 0. The first-order valence-electron chi connectivity index (χ1n) is 5.75. The summed E-state index contributed by atoms with van der Waals surface area (Å²) in [4.78, 5) is 12.7. The third-order valence-electron chi connectivity index (χ3n) is 2.36. The van der Waals surface area contributed by atoms with Crippen molar-refractivity contribution < 1.29 is 19.4 Å². The summed E-state index contributed by atoms with van der Waals surface area (Å²) < 4.78 is 10.4. The van der Waals surface area contributed by atoms with Crippen LogP contribution in [0.15, 0.2) is 0 Å². The number of aliphatic carboxylic acids is 1. The van der Waals surface area contributed by atoms with Gasteiger partial charge in [0.25, 0.3) is 0 Å². The van der Waals surface area contributed by atoms with Gasteiger partial charge in [0.15, 0.2) is 0 Å². The van der Waals surface area contributed by atoms with Gasteiger partial charge in [0.1, 0.15) is 6.04 Å². The molecule has 0 radical (unpaired) electrons. The van der Waals surface area contributed by atoms with Crippen molar-refractivity contribution in [3.8, 4) is 0 Å². The van der Waals surface area contributed by atoms with E-state index >= 15 is 0 Å². The van der Waals surface area contributed by atoms with E-state index in [0.717, 1.165) is 0 Å². The van der Waals surface area contributed by atoms with Gasteiger partial charge < -0.3 is 14.6 Å². The van der Waals surface area contributed by atoms with Crippen molar-refractivity contribution in [2.75, 3.05) is 39.5 Å². The van der Waals surface area contributed by atoms with Crippen LogP contribution in [0, 0.1) is 0 Å². The van der Waals surface area contributed by atoms with Crippen LogP contribution < -0.4 is 0 Å². The lowest BCUT2D eigenvalue weighted by molar-refractivity contribution is -0.143. The average molecular weight is 233 g/mol. The molecule has 16 heavy (non-hydrogen) atoms. The monoisotopic (exact) mass is 233 g/mol. The van der Waals surface area contributed by atoms with E-state index in [9.17, 15) is 4.79 Å². The van der Waals surface area contributed by atoms with Crippen molar-refractivity contribution in [3.63, 3.8) is 0 Å². The van der Waals surface area contributed by atoms with E-state index in [1.54, 1.807) is 6.92 Å². The Morgan fingerprint density at radius 3 is 1.94 bits per heavy atom. The second kappa shape index (κ2) is 9.57. The Morgan fingerprint density at radius 2 is 1.62 bits per heavy atom. The molecule has 5 heteroatoms. The molecule has 0 aromatic carbocycles. The van der Waals surface area contributed by atoms with Crippen LogP contribution in [0.1, 0.15) is 20.8 Å². The highest BCUT2D eigenvalue weighted by molar-refractivity contribution is 5.72. The molecule has 0 aliphatic carbocycles. The van der Waals surface area contributed by atoms with Gasteiger partial charge in [-0.05, 0) is 20.8 Å². The lowest BCUT2D eigenvalue weighted by Gasteiger charge is -2.25. The molecule has 0 spiro atoms. The number of ether oxygens (including phenoxy) is 2. The van der Waals surface area contributed by atoms with Gasteiger partial charge in [-0.1, -0.05) is 0 Å². The standard InChI is InChI=1S/C11H23NO4/c1-4-15-8-6-12(7-9-16-5-2)10(3)11(13)14/h10H,4-9H2,1-3H3,(H,13,14). The summed E-state index contributed by atoms with van der Waals surface area (Å²) in [6.45, 7) is 9.18. The summed E-state index contributed by atoms with van der Waals surface area (Å²) in [6.07, 6.45) is 0. The maximum Gasteiger partial charge on any atom is 0.320 e. The fraction of sp³-hybridized carbons (Fsp3) is 0.909. The number of carboxylic acid groups (broad SMARTS) is 1. The molecule has 1 N–H and O–H groups in total. The molecule has 0 amide bonds. The van der Waals surface area contributed by atoms with Crippen LogP contribution in [-0.4, -0.2) is 61.5 Å². The van der Waals surface area contributed by atoms with Gasteiger partial charge in [-0.2, -0.15) is 0 Å². The molecular formula is C11H23NO4. The van der Waals surface area contributed by atoms with Crippen molar-refractivity contribution in [2.24, 2.45) is 0 Å². The van der Waals surface area contributed by atoms with Crippen LogP contribution in [-0.2, 0) is 14.3 Å². The van der Waals surface area contributed by atoms with Gasteiger partial charge in [0, 0.05) is 26.3 Å². The summed E-state index contributed by atoms with van der Waals surface area (Å²) >= 11 is 0. The molecule has 0 saturated heterocycles. The lowest BCUT2D eigenvalue weighted by Crippen LogP contribution is -2.42. The number of nitrogens with zero attached hydrogens (tertiary/aromatic N) is 1. The van der Waals surface area contributed by atoms with E-state index in [1.807, 2.05) is 18.7 Å². The van der Waals surface area contributed by atoms with Crippen LogP contribution in [0.3, 0.4) is 0 Å². The van der Waals surface area contributed by atoms with Crippen molar-refractivity contribution in [1.29, 1.82) is 0 Å². The minimum Gasteiger partial charge on any atom is -0.480 e. The van der Waals surface area contributed by atoms with Gasteiger partial charge in [-0.25, -0.2) is 0 Å². The van der Waals surface area contributed by atoms with E-state index < -0.39 is 12.0 Å². The Morgan fingerprint density at radius 1 is 1.19 bits per heavy atom. The van der Waals surface area contributed by atoms with E-state index in [4.69, 9.17) is 14.6 Å². The van der Waals surface area contributed by atoms with Gasteiger partial charge >= 0.3 is 5.97 Å². The van der Waals surface area contributed by atoms with Crippen molar-refractivity contribution in [3.05, 3.63) is 0 Å². The molecule has 5 nitrogen and oxygen atoms in total. The fourth-order valence-corrected chi connectivity index (χ4v) is 1.31. The second-order valence-corrected chi connectivity index (χ2v) is 3.44. The normalized spacial score (nSPS) is 13.0. The smallest absolute Gasteiger partial charge is 0.320 e. The highest BCUT2D eigenvalue weighted by Crippen LogP contribution is 1.99. The number of hydrogen-bond donors (Lipinski definition) is 1. The predicted molar refractivity (Wildman–Crippen MR) is 61.7 cm³/mol. The maximum absolute atomic E-state index is 10.9. The zero-order valence-corrected chi connectivity index (χ0v) is 10.4. The number of carbonyl (C=O) groups is 1. The minimum absolute atomic E-state index is 0.499. The first-order valence-corrected chi connectivity index (χ1v) is 5.75. The largest absolute Gasteiger partial charge is 0.480 e. The molecule has 0 aromatic rings. The first-order chi connectivity index (χ1) is 7.63. The lowest BCUT2D eigenvalue weighted by atomic mass is 10.3. The summed E-state index contributed by atoms with van der Waals surface area (Å²) in [5.74, 6) is -0.812. The molecule has 0 heterocycles. The highest BCUT2D eigenvalue weighted by atomic mass is 16.5. The number of rotatable bonds is 10. The van der Waals surface area contributed by atoms with Crippen LogP contribution in [0.5, 0.6) is 0 Å². The molecule has 1 unspecified atom stereocenters. The molecule has 96 valence electrons. The average Bonchev–Trinajstić information content (AvgIpc) is 2.26. The fourth-order valence-electron chi connectivity index (χ4n) is 1.31. The van der Waals surface area contributed by atoms with Gasteiger partial charge in [-0.15, -0.1) is 0 Å². The Hall–Kier alpha value is -0.650. The van der Waals surface area contributed by atoms with E-state index in [-0.39, 0.29) is 0 Å². The second-order valence-electron chi connectivity index (χ2n) is 3.44. The Bertz CT molecular complexity index is 177.